The lowest BCUT2D eigenvalue weighted by atomic mass is 10.2. The number of hydrogen-bond donors (Lipinski definition) is 1. The van der Waals surface area contributed by atoms with Crippen molar-refractivity contribution in [1.29, 1.82) is 0 Å². The van der Waals surface area contributed by atoms with Crippen molar-refractivity contribution in [3.63, 3.8) is 0 Å². The predicted octanol–water partition coefficient (Wildman–Crippen LogP) is 1.93. The van der Waals surface area contributed by atoms with Crippen LogP contribution in [0.3, 0.4) is 0 Å². The van der Waals surface area contributed by atoms with Gasteiger partial charge in [-0.25, -0.2) is 17.6 Å². The van der Waals surface area contributed by atoms with Gasteiger partial charge in [0.2, 0.25) is 10.0 Å². The highest BCUT2D eigenvalue weighted by molar-refractivity contribution is 7.89. The fourth-order valence-corrected chi connectivity index (χ4v) is 4.24. The van der Waals surface area contributed by atoms with Gasteiger partial charge in [0.25, 0.3) is 5.91 Å². The number of carbonyl (C=O) groups is 2. The van der Waals surface area contributed by atoms with E-state index in [-0.39, 0.29) is 24.0 Å². The minimum atomic E-state index is -3.84. The van der Waals surface area contributed by atoms with Crippen molar-refractivity contribution in [2.45, 2.75) is 44.6 Å². The second-order valence-electron chi connectivity index (χ2n) is 6.50. The number of esters is 1. The van der Waals surface area contributed by atoms with Crippen molar-refractivity contribution >= 4 is 21.9 Å². The molecule has 1 fully saturated rings. The number of ether oxygens (including phenoxy) is 1. The molecular weight excluding hydrogens is 375 g/mol. The third-order valence-corrected chi connectivity index (χ3v) is 6.60. The maximum absolute atomic E-state index is 14.0. The average molecular weight is 400 g/mol. The zero-order valence-electron chi connectivity index (χ0n) is 15.7. The van der Waals surface area contributed by atoms with Crippen LogP contribution in [0.2, 0.25) is 0 Å². The summed E-state index contributed by atoms with van der Waals surface area (Å²) in [5, 5.41) is 2.72. The van der Waals surface area contributed by atoms with E-state index in [1.165, 1.54) is 4.31 Å². The molecule has 1 aromatic carbocycles. The molecule has 0 aliphatic heterocycles. The normalized spacial score (nSPS) is 15.4. The van der Waals surface area contributed by atoms with E-state index in [4.69, 9.17) is 4.74 Å². The SMILES string of the molecule is CCN(CC)S(=O)(=O)c1ccc(F)c(C(=O)OCC(=O)N[C@H](C)C2CC2)c1. The monoisotopic (exact) mass is 400 g/mol. The van der Waals surface area contributed by atoms with Gasteiger partial charge in [-0.3, -0.25) is 4.79 Å². The lowest BCUT2D eigenvalue weighted by Gasteiger charge is -2.18. The Hall–Kier alpha value is -2.00. The Bertz CT molecular complexity index is 804. The van der Waals surface area contributed by atoms with Crippen molar-refractivity contribution in [1.82, 2.24) is 9.62 Å². The summed E-state index contributed by atoms with van der Waals surface area (Å²) in [6, 6.07) is 2.94. The number of carbonyl (C=O) groups excluding carboxylic acids is 2. The summed E-state index contributed by atoms with van der Waals surface area (Å²) >= 11 is 0. The molecule has 0 bridgehead atoms. The molecule has 7 nitrogen and oxygen atoms in total. The van der Waals surface area contributed by atoms with E-state index in [1.807, 2.05) is 6.92 Å². The van der Waals surface area contributed by atoms with Crippen LogP contribution in [0.4, 0.5) is 4.39 Å². The first-order valence-electron chi connectivity index (χ1n) is 8.96. The van der Waals surface area contributed by atoms with Gasteiger partial charge < -0.3 is 10.1 Å². The fourth-order valence-electron chi connectivity index (χ4n) is 2.75. The van der Waals surface area contributed by atoms with Crippen LogP contribution in [0.1, 0.15) is 44.0 Å². The van der Waals surface area contributed by atoms with E-state index in [9.17, 15) is 22.4 Å². The summed E-state index contributed by atoms with van der Waals surface area (Å²) in [6.07, 6.45) is 2.11. The molecule has 1 N–H and O–H groups in total. The zero-order chi connectivity index (χ0) is 20.2. The maximum Gasteiger partial charge on any atom is 0.341 e. The molecule has 150 valence electrons. The molecule has 1 saturated carbocycles. The maximum atomic E-state index is 14.0. The topological polar surface area (TPSA) is 92.8 Å². The highest BCUT2D eigenvalue weighted by Gasteiger charge is 2.29. The first kappa shape index (κ1) is 21.3. The number of nitrogens with zero attached hydrogens (tertiary/aromatic N) is 1. The second-order valence-corrected chi connectivity index (χ2v) is 8.44. The van der Waals surface area contributed by atoms with E-state index in [0.717, 1.165) is 31.0 Å². The molecule has 2 rings (SSSR count). The predicted molar refractivity (Wildman–Crippen MR) is 97.1 cm³/mol. The van der Waals surface area contributed by atoms with Crippen molar-refractivity contribution < 1.29 is 27.1 Å². The van der Waals surface area contributed by atoms with Gasteiger partial charge in [0, 0.05) is 19.1 Å². The molecule has 0 heterocycles. The van der Waals surface area contributed by atoms with Gasteiger partial charge >= 0.3 is 5.97 Å². The van der Waals surface area contributed by atoms with E-state index in [2.05, 4.69) is 5.32 Å². The highest BCUT2D eigenvalue weighted by Crippen LogP contribution is 2.32. The van der Waals surface area contributed by atoms with Gasteiger partial charge in [-0.2, -0.15) is 4.31 Å². The number of halogens is 1. The minimum absolute atomic E-state index is 0.00419. The van der Waals surface area contributed by atoms with E-state index >= 15 is 0 Å². The fraction of sp³-hybridized carbons (Fsp3) is 0.556. The Morgan fingerprint density at radius 3 is 2.48 bits per heavy atom. The number of rotatable bonds is 9. The van der Waals surface area contributed by atoms with Crippen molar-refractivity contribution in [2.24, 2.45) is 5.92 Å². The largest absolute Gasteiger partial charge is 0.452 e. The van der Waals surface area contributed by atoms with Gasteiger partial charge in [0.15, 0.2) is 6.61 Å². The molecule has 0 saturated heterocycles. The molecule has 0 unspecified atom stereocenters. The van der Waals surface area contributed by atoms with E-state index in [0.29, 0.717) is 5.92 Å². The van der Waals surface area contributed by atoms with Gasteiger partial charge in [-0.1, -0.05) is 13.8 Å². The van der Waals surface area contributed by atoms with Crippen LogP contribution in [-0.2, 0) is 19.6 Å². The smallest absolute Gasteiger partial charge is 0.341 e. The van der Waals surface area contributed by atoms with Crippen molar-refractivity contribution in [3.05, 3.63) is 29.6 Å². The lowest BCUT2D eigenvalue weighted by molar-refractivity contribution is -0.125. The van der Waals surface area contributed by atoms with Gasteiger partial charge in [-0.05, 0) is 43.9 Å². The molecule has 9 heteroatoms. The van der Waals surface area contributed by atoms with Crippen molar-refractivity contribution in [3.8, 4) is 0 Å². The molecule has 0 aromatic heterocycles. The third kappa shape index (κ3) is 5.26. The summed E-state index contributed by atoms with van der Waals surface area (Å²) in [4.78, 5) is 23.8. The van der Waals surface area contributed by atoms with Crippen LogP contribution in [-0.4, -0.2) is 50.3 Å². The summed E-state index contributed by atoms with van der Waals surface area (Å²) in [7, 11) is -3.84. The molecular formula is C18H25FN2O5S. The molecule has 0 spiro atoms. The minimum Gasteiger partial charge on any atom is -0.452 e. The van der Waals surface area contributed by atoms with Crippen molar-refractivity contribution in [2.75, 3.05) is 19.7 Å². The van der Waals surface area contributed by atoms with Crippen LogP contribution in [0.15, 0.2) is 23.1 Å². The average Bonchev–Trinajstić information content (AvgIpc) is 3.45. The van der Waals surface area contributed by atoms with E-state index < -0.39 is 39.9 Å². The van der Waals surface area contributed by atoms with Crippen LogP contribution < -0.4 is 5.32 Å². The number of nitrogens with one attached hydrogen (secondary N) is 1. The second kappa shape index (κ2) is 8.79. The number of hydrogen-bond acceptors (Lipinski definition) is 5. The molecule has 1 aliphatic carbocycles. The first-order valence-corrected chi connectivity index (χ1v) is 10.4. The van der Waals surface area contributed by atoms with Crippen LogP contribution in [0.5, 0.6) is 0 Å². The number of sulfonamides is 1. The van der Waals surface area contributed by atoms with Gasteiger partial charge in [0.05, 0.1) is 10.5 Å². The Balaban J connectivity index is 2.08. The summed E-state index contributed by atoms with van der Waals surface area (Å²) < 4.78 is 45.1. The molecule has 0 radical (unpaired) electrons. The van der Waals surface area contributed by atoms with Crippen LogP contribution in [0, 0.1) is 11.7 Å². The Morgan fingerprint density at radius 1 is 1.30 bits per heavy atom. The summed E-state index contributed by atoms with van der Waals surface area (Å²) in [5.74, 6) is -2.03. The Kier molecular flexibility index (Phi) is 6.94. The quantitative estimate of drug-likeness (QED) is 0.640. The standard InChI is InChI=1S/C18H25FN2O5S/c1-4-21(5-2)27(24,25)14-8-9-16(19)15(10-14)18(23)26-11-17(22)20-12(3)13-6-7-13/h8-10,12-13H,4-7,11H2,1-3H3,(H,20,22)/t12-/m1/s1. The molecule has 1 atom stereocenters. The lowest BCUT2D eigenvalue weighted by Crippen LogP contribution is -2.37. The van der Waals surface area contributed by atoms with Crippen LogP contribution >= 0.6 is 0 Å². The molecule has 1 amide bonds. The van der Waals surface area contributed by atoms with Gasteiger partial charge in [-0.15, -0.1) is 0 Å². The third-order valence-electron chi connectivity index (χ3n) is 4.55. The number of amides is 1. The van der Waals surface area contributed by atoms with Crippen LogP contribution in [0.25, 0.3) is 0 Å². The van der Waals surface area contributed by atoms with Gasteiger partial charge in [0.1, 0.15) is 5.82 Å². The summed E-state index contributed by atoms with van der Waals surface area (Å²) in [5.41, 5.74) is -0.522. The molecule has 1 aromatic rings. The summed E-state index contributed by atoms with van der Waals surface area (Å²) in [6.45, 7) is 5.17. The molecule has 27 heavy (non-hydrogen) atoms. The zero-order valence-corrected chi connectivity index (χ0v) is 16.5. The Labute approximate surface area is 158 Å². The highest BCUT2D eigenvalue weighted by atomic mass is 32.2. The Morgan fingerprint density at radius 2 is 1.93 bits per heavy atom. The number of benzene rings is 1. The van der Waals surface area contributed by atoms with E-state index in [1.54, 1.807) is 13.8 Å². The molecule has 1 aliphatic rings. The first-order chi connectivity index (χ1) is 12.7.